The summed E-state index contributed by atoms with van der Waals surface area (Å²) in [5, 5.41) is 3.53. The van der Waals surface area contributed by atoms with Gasteiger partial charge in [-0.15, -0.1) is 0 Å². The molecular weight excluding hydrogens is 196 g/mol. The molecular formula is C14H32N2. The van der Waals surface area contributed by atoms with E-state index in [1.54, 1.807) is 0 Å². The second kappa shape index (κ2) is 9.00. The highest BCUT2D eigenvalue weighted by Crippen LogP contribution is 2.02. The Morgan fingerprint density at radius 2 is 1.56 bits per heavy atom. The van der Waals surface area contributed by atoms with Crippen molar-refractivity contribution < 1.29 is 0 Å². The highest BCUT2D eigenvalue weighted by Gasteiger charge is 2.06. The summed E-state index contributed by atoms with van der Waals surface area (Å²) in [5.74, 6) is 0. The van der Waals surface area contributed by atoms with Crippen LogP contribution < -0.4 is 5.32 Å². The molecule has 2 nitrogen and oxygen atoms in total. The number of hydrogen-bond donors (Lipinski definition) is 1. The maximum absolute atomic E-state index is 3.53. The van der Waals surface area contributed by atoms with Gasteiger partial charge in [-0.3, -0.25) is 0 Å². The second-order valence-corrected chi connectivity index (χ2v) is 5.89. The van der Waals surface area contributed by atoms with Gasteiger partial charge in [0.2, 0.25) is 0 Å². The van der Waals surface area contributed by atoms with Crippen molar-refractivity contribution >= 4 is 0 Å². The van der Waals surface area contributed by atoms with Gasteiger partial charge in [-0.05, 0) is 66.7 Å². The minimum atomic E-state index is 0.276. The van der Waals surface area contributed by atoms with E-state index in [-0.39, 0.29) is 5.54 Å². The van der Waals surface area contributed by atoms with Gasteiger partial charge >= 0.3 is 0 Å². The van der Waals surface area contributed by atoms with Gasteiger partial charge in [0.1, 0.15) is 0 Å². The predicted octanol–water partition coefficient (Wildman–Crippen LogP) is 3.28. The minimum Gasteiger partial charge on any atom is -0.312 e. The fourth-order valence-electron chi connectivity index (χ4n) is 1.69. The molecule has 0 aromatic carbocycles. The largest absolute Gasteiger partial charge is 0.312 e. The van der Waals surface area contributed by atoms with E-state index in [0.29, 0.717) is 0 Å². The maximum atomic E-state index is 3.53. The number of hydrogen-bond acceptors (Lipinski definition) is 2. The van der Waals surface area contributed by atoms with Crippen molar-refractivity contribution in [3.8, 4) is 0 Å². The van der Waals surface area contributed by atoms with E-state index in [1.165, 1.54) is 45.2 Å². The first-order valence-electron chi connectivity index (χ1n) is 6.89. The van der Waals surface area contributed by atoms with E-state index >= 15 is 0 Å². The van der Waals surface area contributed by atoms with Gasteiger partial charge in [-0.1, -0.05) is 19.8 Å². The van der Waals surface area contributed by atoms with Crippen LogP contribution in [0.5, 0.6) is 0 Å². The normalized spacial score (nSPS) is 12.4. The molecule has 0 heterocycles. The van der Waals surface area contributed by atoms with Crippen molar-refractivity contribution in [1.82, 2.24) is 10.2 Å². The molecule has 0 amide bonds. The van der Waals surface area contributed by atoms with Crippen molar-refractivity contribution in [3.05, 3.63) is 0 Å². The summed E-state index contributed by atoms with van der Waals surface area (Å²) in [6.07, 6.45) is 6.63. The molecule has 0 aliphatic carbocycles. The molecule has 0 unspecified atom stereocenters. The molecule has 0 saturated heterocycles. The topological polar surface area (TPSA) is 15.3 Å². The summed E-state index contributed by atoms with van der Waals surface area (Å²) in [5.41, 5.74) is 0.276. The van der Waals surface area contributed by atoms with Crippen LogP contribution >= 0.6 is 0 Å². The molecule has 0 saturated carbocycles. The van der Waals surface area contributed by atoms with Crippen LogP contribution in [0.3, 0.4) is 0 Å². The number of nitrogens with zero attached hydrogens (tertiary/aromatic N) is 1. The number of rotatable bonds is 9. The molecule has 0 radical (unpaired) electrons. The summed E-state index contributed by atoms with van der Waals surface area (Å²) >= 11 is 0. The average Bonchev–Trinajstić information content (AvgIpc) is 2.18. The third kappa shape index (κ3) is 12.0. The number of nitrogens with one attached hydrogen (secondary N) is 1. The smallest absolute Gasteiger partial charge is 0.00965 e. The van der Waals surface area contributed by atoms with E-state index in [0.717, 1.165) is 6.54 Å². The molecule has 0 aliphatic heterocycles. The third-order valence-corrected chi connectivity index (χ3v) is 2.77. The van der Waals surface area contributed by atoms with Crippen LogP contribution in [0, 0.1) is 0 Å². The van der Waals surface area contributed by atoms with E-state index in [9.17, 15) is 0 Å². The molecule has 0 atom stereocenters. The van der Waals surface area contributed by atoms with Crippen molar-refractivity contribution in [2.24, 2.45) is 0 Å². The summed E-state index contributed by atoms with van der Waals surface area (Å²) in [7, 11) is 2.24. The molecule has 0 aliphatic rings. The van der Waals surface area contributed by atoms with E-state index in [1.807, 2.05) is 0 Å². The lowest BCUT2D eigenvalue weighted by molar-refractivity contribution is 0.317. The van der Waals surface area contributed by atoms with Crippen LogP contribution in [0.15, 0.2) is 0 Å². The number of unbranched alkanes of at least 4 members (excludes halogenated alkanes) is 3. The zero-order valence-corrected chi connectivity index (χ0v) is 12.1. The Kier molecular flexibility index (Phi) is 8.96. The molecule has 0 fully saturated rings. The molecule has 98 valence electrons. The lowest BCUT2D eigenvalue weighted by Gasteiger charge is -2.20. The Labute approximate surface area is 103 Å². The fourth-order valence-corrected chi connectivity index (χ4v) is 1.69. The first kappa shape index (κ1) is 15.9. The highest BCUT2D eigenvalue weighted by atomic mass is 15.1. The second-order valence-electron chi connectivity index (χ2n) is 5.89. The van der Waals surface area contributed by atoms with Crippen molar-refractivity contribution in [2.75, 3.05) is 26.7 Å². The maximum Gasteiger partial charge on any atom is 0.00965 e. The van der Waals surface area contributed by atoms with Crippen LogP contribution in [0.25, 0.3) is 0 Å². The standard InChI is InChI=1S/C14H32N2/c1-6-7-12-16(5)13-10-8-9-11-15-14(2,3)4/h15H,6-13H2,1-5H3. The van der Waals surface area contributed by atoms with Crippen LogP contribution in [0.4, 0.5) is 0 Å². The third-order valence-electron chi connectivity index (χ3n) is 2.77. The Hall–Kier alpha value is -0.0800. The Bertz CT molecular complexity index is 149. The zero-order chi connectivity index (χ0) is 12.4. The van der Waals surface area contributed by atoms with Gasteiger partial charge in [0.25, 0.3) is 0 Å². The van der Waals surface area contributed by atoms with Crippen LogP contribution in [-0.2, 0) is 0 Å². The molecule has 0 spiro atoms. The van der Waals surface area contributed by atoms with Gasteiger partial charge < -0.3 is 10.2 Å². The Morgan fingerprint density at radius 1 is 0.938 bits per heavy atom. The molecule has 0 aromatic rings. The van der Waals surface area contributed by atoms with Crippen molar-refractivity contribution in [1.29, 1.82) is 0 Å². The van der Waals surface area contributed by atoms with E-state index < -0.39 is 0 Å². The molecule has 1 N–H and O–H groups in total. The lowest BCUT2D eigenvalue weighted by atomic mass is 10.1. The first-order valence-corrected chi connectivity index (χ1v) is 6.89. The van der Waals surface area contributed by atoms with Crippen molar-refractivity contribution in [3.63, 3.8) is 0 Å². The first-order chi connectivity index (χ1) is 7.45. The summed E-state index contributed by atoms with van der Waals surface area (Å²) in [6.45, 7) is 12.6. The SMILES string of the molecule is CCCCN(C)CCCCCNC(C)(C)C. The molecule has 0 aromatic heterocycles. The van der Waals surface area contributed by atoms with E-state index in [4.69, 9.17) is 0 Å². The quantitative estimate of drug-likeness (QED) is 0.609. The molecule has 16 heavy (non-hydrogen) atoms. The average molecular weight is 228 g/mol. The summed E-state index contributed by atoms with van der Waals surface area (Å²) < 4.78 is 0. The van der Waals surface area contributed by atoms with E-state index in [2.05, 4.69) is 45.0 Å². The highest BCUT2D eigenvalue weighted by molar-refractivity contribution is 4.69. The predicted molar refractivity (Wildman–Crippen MR) is 74.0 cm³/mol. The Morgan fingerprint density at radius 3 is 2.12 bits per heavy atom. The minimum absolute atomic E-state index is 0.276. The van der Waals surface area contributed by atoms with Crippen LogP contribution in [-0.4, -0.2) is 37.1 Å². The molecule has 0 rings (SSSR count). The van der Waals surface area contributed by atoms with Gasteiger partial charge in [0.15, 0.2) is 0 Å². The van der Waals surface area contributed by atoms with Gasteiger partial charge in [0, 0.05) is 5.54 Å². The molecule has 0 bridgehead atoms. The Balaban J connectivity index is 3.20. The van der Waals surface area contributed by atoms with Crippen LogP contribution in [0.2, 0.25) is 0 Å². The van der Waals surface area contributed by atoms with Gasteiger partial charge in [-0.2, -0.15) is 0 Å². The summed E-state index contributed by atoms with van der Waals surface area (Å²) in [6, 6.07) is 0. The van der Waals surface area contributed by atoms with Crippen LogP contribution in [0.1, 0.15) is 59.8 Å². The zero-order valence-electron chi connectivity index (χ0n) is 12.1. The van der Waals surface area contributed by atoms with Gasteiger partial charge in [-0.25, -0.2) is 0 Å². The van der Waals surface area contributed by atoms with Crippen molar-refractivity contribution in [2.45, 2.75) is 65.3 Å². The molecule has 2 heteroatoms. The summed E-state index contributed by atoms with van der Waals surface area (Å²) in [4.78, 5) is 2.46. The lowest BCUT2D eigenvalue weighted by Crippen LogP contribution is -2.36. The fraction of sp³-hybridized carbons (Fsp3) is 1.00. The monoisotopic (exact) mass is 228 g/mol. The van der Waals surface area contributed by atoms with Gasteiger partial charge in [0.05, 0.1) is 0 Å².